The van der Waals surface area contributed by atoms with Crippen LogP contribution in [-0.4, -0.2) is 34.7 Å². The molecule has 0 aromatic carbocycles. The highest BCUT2D eigenvalue weighted by atomic mass is 35.5. The molecule has 3 unspecified atom stereocenters. The number of carbonyl (C=O) groups excluding carboxylic acids is 1. The molecule has 3 atom stereocenters. The van der Waals surface area contributed by atoms with Gasteiger partial charge in [0.2, 0.25) is 5.91 Å². The van der Waals surface area contributed by atoms with Crippen LogP contribution in [0, 0.1) is 6.92 Å². The van der Waals surface area contributed by atoms with Gasteiger partial charge in [-0.3, -0.25) is 4.79 Å². The Labute approximate surface area is 129 Å². The van der Waals surface area contributed by atoms with Crippen LogP contribution >= 0.6 is 36.2 Å². The van der Waals surface area contributed by atoms with E-state index < -0.39 is 6.10 Å². The van der Waals surface area contributed by atoms with Crippen LogP contribution in [0.1, 0.15) is 30.1 Å². The van der Waals surface area contributed by atoms with Crippen molar-refractivity contribution in [3.8, 4) is 0 Å². The molecule has 5 nitrogen and oxygen atoms in total. The standard InChI is InChI=1S/C11H17N3O2S.2ClH/c1-6-5-17-11(13-6)7(2)14-10(16)9-3-8(15)4-12-9;;/h5,7-9,12,15H,3-4H2,1-2H3,(H,14,16);2*1H. The van der Waals surface area contributed by atoms with Gasteiger partial charge in [-0.25, -0.2) is 4.98 Å². The molecule has 3 N–H and O–H groups in total. The lowest BCUT2D eigenvalue weighted by Gasteiger charge is -2.15. The molecule has 1 aromatic heterocycles. The summed E-state index contributed by atoms with van der Waals surface area (Å²) in [7, 11) is 0. The van der Waals surface area contributed by atoms with Crippen LogP contribution in [0.4, 0.5) is 0 Å². The lowest BCUT2D eigenvalue weighted by atomic mass is 10.2. The summed E-state index contributed by atoms with van der Waals surface area (Å²) in [4.78, 5) is 16.2. The van der Waals surface area contributed by atoms with E-state index in [9.17, 15) is 9.90 Å². The summed E-state index contributed by atoms with van der Waals surface area (Å²) in [5.41, 5.74) is 0.973. The van der Waals surface area contributed by atoms with Crippen molar-refractivity contribution in [3.63, 3.8) is 0 Å². The zero-order chi connectivity index (χ0) is 12.4. The Hall–Kier alpha value is -0.400. The smallest absolute Gasteiger partial charge is 0.237 e. The molecule has 1 fully saturated rings. The summed E-state index contributed by atoms with van der Waals surface area (Å²) in [6.07, 6.45) is 0.0679. The third-order valence-corrected chi connectivity index (χ3v) is 3.94. The average molecular weight is 328 g/mol. The molecule has 0 bridgehead atoms. The quantitative estimate of drug-likeness (QED) is 0.779. The first-order chi connectivity index (χ1) is 8.06. The monoisotopic (exact) mass is 327 g/mol. The summed E-state index contributed by atoms with van der Waals surface area (Å²) in [6.45, 7) is 4.34. The van der Waals surface area contributed by atoms with Crippen molar-refractivity contribution < 1.29 is 9.90 Å². The normalized spacial score (nSPS) is 23.1. The molecule has 1 saturated heterocycles. The zero-order valence-electron chi connectivity index (χ0n) is 10.8. The zero-order valence-corrected chi connectivity index (χ0v) is 13.2. The van der Waals surface area contributed by atoms with E-state index in [4.69, 9.17) is 0 Å². The van der Waals surface area contributed by atoms with E-state index in [-0.39, 0.29) is 42.8 Å². The number of aryl methyl sites for hydroxylation is 1. The van der Waals surface area contributed by atoms with Crippen LogP contribution in [0.5, 0.6) is 0 Å². The predicted molar refractivity (Wildman–Crippen MR) is 80.3 cm³/mol. The van der Waals surface area contributed by atoms with Crippen molar-refractivity contribution in [1.82, 2.24) is 15.6 Å². The number of carbonyl (C=O) groups is 1. The number of amides is 1. The van der Waals surface area contributed by atoms with Gasteiger partial charge in [0.05, 0.1) is 18.2 Å². The van der Waals surface area contributed by atoms with Gasteiger partial charge < -0.3 is 15.7 Å². The number of nitrogens with zero attached hydrogens (tertiary/aromatic N) is 1. The number of thiazole rings is 1. The molecular weight excluding hydrogens is 309 g/mol. The molecule has 0 saturated carbocycles. The molecule has 0 radical (unpaired) electrons. The van der Waals surface area contributed by atoms with E-state index in [0.29, 0.717) is 13.0 Å². The summed E-state index contributed by atoms with van der Waals surface area (Å²) in [6, 6.07) is -0.366. The Morgan fingerprint density at radius 3 is 2.79 bits per heavy atom. The van der Waals surface area contributed by atoms with Crippen LogP contribution in [0.25, 0.3) is 0 Å². The van der Waals surface area contributed by atoms with Gasteiger partial charge >= 0.3 is 0 Å². The van der Waals surface area contributed by atoms with Crippen LogP contribution in [0.15, 0.2) is 5.38 Å². The maximum atomic E-state index is 11.9. The average Bonchev–Trinajstić information content (AvgIpc) is 2.87. The van der Waals surface area contributed by atoms with Gasteiger partial charge in [0.1, 0.15) is 5.01 Å². The number of halogens is 2. The number of aliphatic hydroxyl groups is 1. The Bertz CT molecular complexity index is 416. The SMILES string of the molecule is Cc1csc(C(C)NC(=O)C2CC(O)CN2)n1.Cl.Cl. The molecule has 2 heterocycles. The second-order valence-electron chi connectivity index (χ2n) is 4.41. The highest BCUT2D eigenvalue weighted by molar-refractivity contribution is 7.09. The van der Waals surface area contributed by atoms with Crippen molar-refractivity contribution in [2.45, 2.75) is 38.5 Å². The minimum Gasteiger partial charge on any atom is -0.392 e. The fourth-order valence-corrected chi connectivity index (χ4v) is 2.67. The number of hydrogen-bond acceptors (Lipinski definition) is 5. The van der Waals surface area contributed by atoms with Gasteiger partial charge in [-0.1, -0.05) is 0 Å². The largest absolute Gasteiger partial charge is 0.392 e. The molecule has 1 amide bonds. The molecule has 19 heavy (non-hydrogen) atoms. The van der Waals surface area contributed by atoms with Gasteiger partial charge in [0.25, 0.3) is 0 Å². The molecule has 8 heteroatoms. The number of rotatable bonds is 3. The van der Waals surface area contributed by atoms with E-state index in [1.165, 1.54) is 0 Å². The first-order valence-electron chi connectivity index (χ1n) is 5.70. The molecule has 110 valence electrons. The van der Waals surface area contributed by atoms with Gasteiger partial charge in [-0.2, -0.15) is 0 Å². The first-order valence-corrected chi connectivity index (χ1v) is 6.58. The van der Waals surface area contributed by atoms with Crippen molar-refractivity contribution >= 4 is 42.1 Å². The van der Waals surface area contributed by atoms with Crippen molar-refractivity contribution in [1.29, 1.82) is 0 Å². The third kappa shape index (κ3) is 4.89. The van der Waals surface area contributed by atoms with Crippen LogP contribution < -0.4 is 10.6 Å². The minimum absolute atomic E-state index is 0. The molecule has 1 aliphatic heterocycles. The van der Waals surface area contributed by atoms with Crippen molar-refractivity contribution in [3.05, 3.63) is 16.1 Å². The highest BCUT2D eigenvalue weighted by Crippen LogP contribution is 2.18. The minimum atomic E-state index is -0.414. The summed E-state index contributed by atoms with van der Waals surface area (Å²) in [5, 5.41) is 18.1. The topological polar surface area (TPSA) is 74.2 Å². The number of aliphatic hydroxyl groups excluding tert-OH is 1. The number of aromatic nitrogens is 1. The molecular formula is C11H19Cl2N3O2S. The van der Waals surface area contributed by atoms with E-state index >= 15 is 0 Å². The second-order valence-corrected chi connectivity index (χ2v) is 5.30. The van der Waals surface area contributed by atoms with Crippen molar-refractivity contribution in [2.24, 2.45) is 0 Å². The lowest BCUT2D eigenvalue weighted by Crippen LogP contribution is -2.41. The van der Waals surface area contributed by atoms with Crippen LogP contribution in [0.3, 0.4) is 0 Å². The molecule has 1 aromatic rings. The Morgan fingerprint density at radius 2 is 2.32 bits per heavy atom. The molecule has 2 rings (SSSR count). The molecule has 0 spiro atoms. The van der Waals surface area contributed by atoms with Crippen LogP contribution in [0.2, 0.25) is 0 Å². The molecule has 0 aliphatic carbocycles. The summed E-state index contributed by atoms with van der Waals surface area (Å²) in [5.74, 6) is -0.0677. The number of β-amino-alcohol motifs (C(OH)–C–C–N with tert-alkyl or cyclic N) is 1. The predicted octanol–water partition coefficient (Wildman–Crippen LogP) is 1.20. The van der Waals surface area contributed by atoms with E-state index in [2.05, 4.69) is 15.6 Å². The van der Waals surface area contributed by atoms with Crippen molar-refractivity contribution in [2.75, 3.05) is 6.54 Å². The lowest BCUT2D eigenvalue weighted by molar-refractivity contribution is -0.123. The van der Waals surface area contributed by atoms with E-state index in [1.54, 1.807) is 11.3 Å². The van der Waals surface area contributed by atoms with E-state index in [1.807, 2.05) is 19.2 Å². The van der Waals surface area contributed by atoms with Gasteiger partial charge in [0.15, 0.2) is 0 Å². The highest BCUT2D eigenvalue weighted by Gasteiger charge is 2.29. The van der Waals surface area contributed by atoms with Gasteiger partial charge in [-0.15, -0.1) is 36.2 Å². The number of nitrogens with one attached hydrogen (secondary N) is 2. The summed E-state index contributed by atoms with van der Waals surface area (Å²) >= 11 is 1.55. The van der Waals surface area contributed by atoms with E-state index in [0.717, 1.165) is 10.7 Å². The third-order valence-electron chi connectivity index (χ3n) is 2.79. The Balaban J connectivity index is 0.00000162. The first kappa shape index (κ1) is 18.6. The second kappa shape index (κ2) is 8.01. The van der Waals surface area contributed by atoms with Gasteiger partial charge in [0, 0.05) is 17.6 Å². The Morgan fingerprint density at radius 1 is 1.63 bits per heavy atom. The summed E-state index contributed by atoms with van der Waals surface area (Å²) < 4.78 is 0. The maximum absolute atomic E-state index is 11.9. The fraction of sp³-hybridized carbons (Fsp3) is 0.636. The van der Waals surface area contributed by atoms with Crippen LogP contribution in [-0.2, 0) is 4.79 Å². The van der Waals surface area contributed by atoms with Gasteiger partial charge in [-0.05, 0) is 20.3 Å². The maximum Gasteiger partial charge on any atom is 0.237 e. The fourth-order valence-electron chi connectivity index (χ4n) is 1.86. The Kier molecular flexibility index (Phi) is 7.85. The number of hydrogen-bond donors (Lipinski definition) is 3. The molecule has 1 aliphatic rings.